The van der Waals surface area contributed by atoms with Crippen molar-refractivity contribution in [2.24, 2.45) is 0 Å². The van der Waals surface area contributed by atoms with Gasteiger partial charge in [0.1, 0.15) is 22.3 Å². The molecule has 1 amide bonds. The van der Waals surface area contributed by atoms with Crippen molar-refractivity contribution in [2.45, 2.75) is 33.4 Å². The van der Waals surface area contributed by atoms with Crippen LogP contribution >= 0.6 is 11.3 Å². The number of anilines is 1. The SMILES string of the molecule is CCc1csc(CNC(=O)c2ccc(NCc3ccc(C)o3)nc2)n1. The molecule has 3 aromatic heterocycles. The Balaban J connectivity index is 1.51. The van der Waals surface area contributed by atoms with E-state index >= 15 is 0 Å². The summed E-state index contributed by atoms with van der Waals surface area (Å²) in [5, 5.41) is 8.95. The Morgan fingerprint density at radius 3 is 2.76 bits per heavy atom. The van der Waals surface area contributed by atoms with Crippen LogP contribution in [-0.4, -0.2) is 15.9 Å². The number of nitrogens with zero attached hydrogens (tertiary/aromatic N) is 2. The summed E-state index contributed by atoms with van der Waals surface area (Å²) in [6, 6.07) is 7.37. The number of carbonyl (C=O) groups excluding carboxylic acids is 1. The van der Waals surface area contributed by atoms with Gasteiger partial charge in [0.2, 0.25) is 0 Å². The van der Waals surface area contributed by atoms with Gasteiger partial charge in [-0.25, -0.2) is 9.97 Å². The van der Waals surface area contributed by atoms with Gasteiger partial charge in [-0.05, 0) is 37.6 Å². The third kappa shape index (κ3) is 4.67. The van der Waals surface area contributed by atoms with Crippen LogP contribution in [0.5, 0.6) is 0 Å². The van der Waals surface area contributed by atoms with Crippen LogP contribution in [0.15, 0.2) is 40.3 Å². The van der Waals surface area contributed by atoms with Crippen LogP contribution in [-0.2, 0) is 19.5 Å². The van der Waals surface area contributed by atoms with E-state index in [4.69, 9.17) is 4.42 Å². The van der Waals surface area contributed by atoms with Crippen molar-refractivity contribution >= 4 is 23.1 Å². The van der Waals surface area contributed by atoms with Gasteiger partial charge in [-0.15, -0.1) is 11.3 Å². The summed E-state index contributed by atoms with van der Waals surface area (Å²) in [7, 11) is 0. The topological polar surface area (TPSA) is 80.0 Å². The van der Waals surface area contributed by atoms with Crippen molar-refractivity contribution in [1.82, 2.24) is 15.3 Å². The number of aromatic nitrogens is 2. The summed E-state index contributed by atoms with van der Waals surface area (Å²) in [6.07, 6.45) is 2.46. The maximum atomic E-state index is 12.2. The average Bonchev–Trinajstić information content (AvgIpc) is 3.27. The minimum Gasteiger partial charge on any atom is -0.465 e. The molecule has 0 aliphatic carbocycles. The highest BCUT2D eigenvalue weighted by molar-refractivity contribution is 7.09. The van der Waals surface area contributed by atoms with Gasteiger partial charge in [0.05, 0.1) is 24.3 Å². The second-order valence-corrected chi connectivity index (χ2v) is 6.51. The molecule has 0 radical (unpaired) electrons. The van der Waals surface area contributed by atoms with E-state index in [1.54, 1.807) is 29.7 Å². The molecule has 0 aliphatic rings. The van der Waals surface area contributed by atoms with Crippen LogP contribution in [0.3, 0.4) is 0 Å². The fraction of sp³-hybridized carbons (Fsp3) is 0.278. The highest BCUT2D eigenvalue weighted by atomic mass is 32.1. The lowest BCUT2D eigenvalue weighted by atomic mass is 10.2. The summed E-state index contributed by atoms with van der Waals surface area (Å²) in [6.45, 7) is 4.95. The maximum absolute atomic E-state index is 12.2. The Morgan fingerprint density at radius 1 is 1.24 bits per heavy atom. The van der Waals surface area contributed by atoms with Gasteiger partial charge < -0.3 is 15.1 Å². The van der Waals surface area contributed by atoms with E-state index in [0.717, 1.165) is 28.6 Å². The normalized spacial score (nSPS) is 10.6. The average molecular weight is 356 g/mol. The lowest BCUT2D eigenvalue weighted by molar-refractivity contribution is 0.0950. The summed E-state index contributed by atoms with van der Waals surface area (Å²) >= 11 is 1.56. The van der Waals surface area contributed by atoms with E-state index in [1.807, 2.05) is 24.4 Å². The van der Waals surface area contributed by atoms with Crippen molar-refractivity contribution in [3.05, 3.63) is 63.6 Å². The summed E-state index contributed by atoms with van der Waals surface area (Å²) in [5.74, 6) is 2.26. The number of thiazole rings is 1. The monoisotopic (exact) mass is 356 g/mol. The molecular formula is C18H20N4O2S. The van der Waals surface area contributed by atoms with Crippen molar-refractivity contribution in [3.63, 3.8) is 0 Å². The standard InChI is InChI=1S/C18H20N4O2S/c1-3-14-11-25-17(22-14)10-21-18(23)13-5-7-16(19-8-13)20-9-15-6-4-12(2)24-15/h4-8,11H,3,9-10H2,1-2H3,(H,19,20)(H,21,23). The van der Waals surface area contributed by atoms with Crippen LogP contribution in [0.2, 0.25) is 0 Å². The van der Waals surface area contributed by atoms with E-state index in [1.165, 1.54) is 0 Å². The molecule has 0 aromatic carbocycles. The molecule has 6 nitrogen and oxygen atoms in total. The molecule has 25 heavy (non-hydrogen) atoms. The van der Waals surface area contributed by atoms with Crippen molar-refractivity contribution in [2.75, 3.05) is 5.32 Å². The molecule has 0 bridgehead atoms. The third-order valence-electron chi connectivity index (χ3n) is 3.63. The van der Waals surface area contributed by atoms with Gasteiger partial charge in [0, 0.05) is 11.6 Å². The molecule has 3 heterocycles. The predicted octanol–water partition coefficient (Wildman–Crippen LogP) is 3.54. The Kier molecular flexibility index (Phi) is 5.45. The molecule has 0 aliphatic heterocycles. The van der Waals surface area contributed by atoms with E-state index in [2.05, 4.69) is 27.5 Å². The fourth-order valence-corrected chi connectivity index (χ4v) is 3.06. The Hall–Kier alpha value is -2.67. The van der Waals surface area contributed by atoms with Gasteiger partial charge >= 0.3 is 0 Å². The molecule has 0 unspecified atom stereocenters. The summed E-state index contributed by atoms with van der Waals surface area (Å²) < 4.78 is 5.49. The zero-order chi connectivity index (χ0) is 17.6. The van der Waals surface area contributed by atoms with Gasteiger partial charge in [-0.3, -0.25) is 4.79 Å². The van der Waals surface area contributed by atoms with Crippen LogP contribution in [0, 0.1) is 6.92 Å². The maximum Gasteiger partial charge on any atom is 0.253 e. The summed E-state index contributed by atoms with van der Waals surface area (Å²) in [4.78, 5) is 20.9. The second-order valence-electron chi connectivity index (χ2n) is 5.57. The van der Waals surface area contributed by atoms with Crippen molar-refractivity contribution in [3.8, 4) is 0 Å². The highest BCUT2D eigenvalue weighted by Crippen LogP contribution is 2.12. The molecule has 3 aromatic rings. The quantitative estimate of drug-likeness (QED) is 0.677. The number of carbonyl (C=O) groups is 1. The molecule has 2 N–H and O–H groups in total. The highest BCUT2D eigenvalue weighted by Gasteiger charge is 2.08. The predicted molar refractivity (Wildman–Crippen MR) is 97.7 cm³/mol. The first-order chi connectivity index (χ1) is 12.1. The lowest BCUT2D eigenvalue weighted by Crippen LogP contribution is -2.22. The van der Waals surface area contributed by atoms with Crippen LogP contribution < -0.4 is 10.6 Å². The van der Waals surface area contributed by atoms with E-state index < -0.39 is 0 Å². The van der Waals surface area contributed by atoms with Gasteiger partial charge in [0.25, 0.3) is 5.91 Å². The smallest absolute Gasteiger partial charge is 0.253 e. The van der Waals surface area contributed by atoms with E-state index in [-0.39, 0.29) is 5.91 Å². The number of rotatable bonds is 7. The summed E-state index contributed by atoms with van der Waals surface area (Å²) in [5.41, 5.74) is 1.57. The molecule has 130 valence electrons. The number of furan rings is 1. The molecule has 3 rings (SSSR count). The van der Waals surface area contributed by atoms with Crippen LogP contribution in [0.25, 0.3) is 0 Å². The van der Waals surface area contributed by atoms with Gasteiger partial charge in [0.15, 0.2) is 0 Å². The number of nitrogens with one attached hydrogen (secondary N) is 2. The van der Waals surface area contributed by atoms with Gasteiger partial charge in [-0.2, -0.15) is 0 Å². The first-order valence-corrected chi connectivity index (χ1v) is 8.98. The molecule has 0 atom stereocenters. The molecule has 0 fully saturated rings. The molecule has 0 saturated heterocycles. The lowest BCUT2D eigenvalue weighted by Gasteiger charge is -2.06. The first kappa shape index (κ1) is 17.2. The number of aryl methyl sites for hydroxylation is 2. The number of pyridine rings is 1. The minimum atomic E-state index is -0.158. The Labute approximate surface area is 150 Å². The van der Waals surface area contributed by atoms with Gasteiger partial charge in [-0.1, -0.05) is 6.92 Å². The zero-order valence-corrected chi connectivity index (χ0v) is 15.0. The largest absolute Gasteiger partial charge is 0.465 e. The molecule has 0 spiro atoms. The van der Waals surface area contributed by atoms with E-state index in [9.17, 15) is 4.79 Å². The zero-order valence-electron chi connectivity index (χ0n) is 14.2. The Bertz CT molecular complexity index is 839. The van der Waals surface area contributed by atoms with Crippen molar-refractivity contribution in [1.29, 1.82) is 0 Å². The Morgan fingerprint density at radius 2 is 2.12 bits per heavy atom. The van der Waals surface area contributed by atoms with Crippen molar-refractivity contribution < 1.29 is 9.21 Å². The number of hydrogen-bond donors (Lipinski definition) is 2. The second kappa shape index (κ2) is 7.94. The fourth-order valence-electron chi connectivity index (χ4n) is 2.24. The number of amides is 1. The third-order valence-corrected chi connectivity index (χ3v) is 4.52. The number of hydrogen-bond acceptors (Lipinski definition) is 6. The van der Waals surface area contributed by atoms with Crippen LogP contribution in [0.1, 0.15) is 39.5 Å². The molecular weight excluding hydrogens is 336 g/mol. The minimum absolute atomic E-state index is 0.158. The first-order valence-electron chi connectivity index (χ1n) is 8.10. The van der Waals surface area contributed by atoms with Crippen LogP contribution in [0.4, 0.5) is 5.82 Å². The van der Waals surface area contributed by atoms with E-state index in [0.29, 0.717) is 24.5 Å². The molecule has 0 saturated carbocycles. The molecule has 7 heteroatoms.